The van der Waals surface area contributed by atoms with E-state index in [9.17, 15) is 9.46 Å². The Balaban J connectivity index is 1.41. The first kappa shape index (κ1) is 23.4. The van der Waals surface area contributed by atoms with Crippen LogP contribution in [0.15, 0.2) is 59.3 Å². The average Bonchev–Trinajstić information content (AvgIpc) is 3.26. The van der Waals surface area contributed by atoms with Crippen molar-refractivity contribution in [2.24, 2.45) is 5.92 Å². The van der Waals surface area contributed by atoms with E-state index >= 15 is 0 Å². The first-order valence-electron chi connectivity index (χ1n) is 11.1. The summed E-state index contributed by atoms with van der Waals surface area (Å²) in [5.41, 5.74) is 9.72. The van der Waals surface area contributed by atoms with Crippen molar-refractivity contribution in [3.05, 3.63) is 71.6 Å². The van der Waals surface area contributed by atoms with Crippen LogP contribution in [0.2, 0.25) is 0 Å². The molecule has 1 aromatic carbocycles. The number of hydrogen-bond donors (Lipinski definition) is 2. The van der Waals surface area contributed by atoms with Crippen LogP contribution in [0.3, 0.4) is 0 Å². The van der Waals surface area contributed by atoms with Gasteiger partial charge in [0.05, 0.1) is 11.9 Å². The molecule has 0 bridgehead atoms. The Kier molecular flexibility index (Phi) is 7.40. The van der Waals surface area contributed by atoms with Gasteiger partial charge in [-0.1, -0.05) is 60.8 Å². The third-order valence-electron chi connectivity index (χ3n) is 5.87. The van der Waals surface area contributed by atoms with Crippen molar-refractivity contribution < 1.29 is 28.0 Å². The third-order valence-corrected chi connectivity index (χ3v) is 6.32. The molecule has 3 aromatic rings. The Hall–Kier alpha value is -2.77. The number of benzene rings is 1. The second-order valence-electron chi connectivity index (χ2n) is 8.36. The summed E-state index contributed by atoms with van der Waals surface area (Å²) in [7, 11) is -4.86. The number of rotatable bonds is 8. The van der Waals surface area contributed by atoms with Gasteiger partial charge >= 0.3 is 0 Å². The molecule has 0 aliphatic heterocycles. The number of allylic oxidation sites excluding steroid dienone is 1. The molecule has 3 N–H and O–H groups in total. The third kappa shape index (κ3) is 6.62. The number of pyridine rings is 1. The Labute approximate surface area is 192 Å². The van der Waals surface area contributed by atoms with Crippen molar-refractivity contribution in [1.29, 1.82) is 0 Å². The molecule has 0 saturated heterocycles. The molecule has 4 rings (SSSR count). The fourth-order valence-corrected chi connectivity index (χ4v) is 4.34. The van der Waals surface area contributed by atoms with Crippen molar-refractivity contribution in [1.82, 2.24) is 5.16 Å². The lowest BCUT2D eigenvalue weighted by Gasteiger charge is -2.17. The van der Waals surface area contributed by atoms with E-state index in [0.717, 1.165) is 11.3 Å². The van der Waals surface area contributed by atoms with Crippen LogP contribution in [-0.4, -0.2) is 10.1 Å². The van der Waals surface area contributed by atoms with Gasteiger partial charge in [0.1, 0.15) is 5.56 Å². The number of phosphoric acid groups is 1. The molecule has 1 fully saturated rings. The Bertz CT molecular complexity index is 1150. The maximum Gasteiger partial charge on any atom is 0.285 e. The molecule has 0 amide bonds. The van der Waals surface area contributed by atoms with E-state index in [1.54, 1.807) is 18.2 Å². The van der Waals surface area contributed by atoms with Gasteiger partial charge in [-0.3, -0.25) is 14.8 Å². The predicted molar refractivity (Wildman–Crippen MR) is 122 cm³/mol. The molecule has 174 valence electrons. The number of anilines is 1. The monoisotopic (exact) mass is 469 g/mol. The van der Waals surface area contributed by atoms with Gasteiger partial charge in [-0.15, -0.1) is 0 Å². The second-order valence-corrected chi connectivity index (χ2v) is 9.56. The summed E-state index contributed by atoms with van der Waals surface area (Å²) in [5.74, 6) is 1.39. The Morgan fingerprint density at radius 1 is 1.24 bits per heavy atom. The van der Waals surface area contributed by atoms with Crippen LogP contribution < -0.4 is 15.2 Å². The maximum atomic E-state index is 10.9. The number of nitrogens with zero attached hydrogens (tertiary/aromatic N) is 2. The lowest BCUT2D eigenvalue weighted by molar-refractivity contribution is -0.712. The van der Waals surface area contributed by atoms with Gasteiger partial charge in [0.25, 0.3) is 13.6 Å². The van der Waals surface area contributed by atoms with Crippen molar-refractivity contribution in [3.8, 4) is 11.3 Å². The zero-order valence-electron chi connectivity index (χ0n) is 18.3. The van der Waals surface area contributed by atoms with Crippen molar-refractivity contribution in [3.63, 3.8) is 0 Å². The molecule has 9 heteroatoms. The maximum absolute atomic E-state index is 10.9. The van der Waals surface area contributed by atoms with E-state index in [1.165, 1.54) is 48.4 Å². The zero-order valence-corrected chi connectivity index (χ0v) is 19.2. The minimum absolute atomic E-state index is 0.225. The number of hydrogen-bond acceptors (Lipinski definition) is 6. The number of nitrogens with two attached hydrogens (primary N) is 1. The molecular weight excluding hydrogens is 441 g/mol. The zero-order chi connectivity index (χ0) is 23.3. The molecule has 2 aromatic heterocycles. The van der Waals surface area contributed by atoms with Crippen molar-refractivity contribution in [2.45, 2.75) is 45.3 Å². The van der Waals surface area contributed by atoms with Gasteiger partial charge in [-0.05, 0) is 42.0 Å². The number of aromatic nitrogens is 2. The average molecular weight is 469 g/mol. The minimum Gasteiger partial charge on any atom is -0.756 e. The van der Waals surface area contributed by atoms with Crippen LogP contribution in [0.25, 0.3) is 17.4 Å². The predicted octanol–water partition coefficient (Wildman–Crippen LogP) is 3.83. The highest BCUT2D eigenvalue weighted by Gasteiger charge is 2.18. The molecule has 1 unspecified atom stereocenters. The summed E-state index contributed by atoms with van der Waals surface area (Å²) < 4.78 is 22.1. The molecule has 1 saturated carbocycles. The van der Waals surface area contributed by atoms with Crippen LogP contribution >= 0.6 is 7.82 Å². The lowest BCUT2D eigenvalue weighted by atomic mass is 9.89. The highest BCUT2D eigenvalue weighted by molar-refractivity contribution is 7.44. The molecule has 1 atom stereocenters. The fourth-order valence-electron chi connectivity index (χ4n) is 4.07. The number of phosphoric ester groups is 1. The van der Waals surface area contributed by atoms with Crippen LogP contribution in [0.4, 0.5) is 5.82 Å². The fraction of sp³-hybridized carbons (Fsp3) is 0.333. The quantitative estimate of drug-likeness (QED) is 0.379. The summed E-state index contributed by atoms with van der Waals surface area (Å²) in [6.45, 7) is -0.445. The summed E-state index contributed by atoms with van der Waals surface area (Å²) in [4.78, 5) is 19.7. The van der Waals surface area contributed by atoms with E-state index in [1.807, 2.05) is 0 Å². The Morgan fingerprint density at radius 3 is 2.73 bits per heavy atom. The summed E-state index contributed by atoms with van der Waals surface area (Å²) in [5, 5.41) is 4.14. The molecule has 33 heavy (non-hydrogen) atoms. The molecule has 0 radical (unpaired) electrons. The second kappa shape index (κ2) is 10.4. The van der Waals surface area contributed by atoms with Gasteiger partial charge in [-0.2, -0.15) is 0 Å². The Morgan fingerprint density at radius 2 is 2.00 bits per heavy atom. The standard InChI is InChI=1S/C24H28N3O5P/c25-24-22(7-4-14-27(24)17-31-33(28,29)30)23-16-21(26-32-23)15-20-12-10-19(11-13-20)9-8-18-5-2-1-3-6-18/h4,7-14,16,18,25H,1-3,5-6,15,17H2,(H2,28,29,30). The topological polar surface area (TPSA) is 126 Å². The van der Waals surface area contributed by atoms with E-state index in [4.69, 9.17) is 15.2 Å². The molecule has 2 heterocycles. The largest absolute Gasteiger partial charge is 0.756 e. The van der Waals surface area contributed by atoms with Crippen LogP contribution in [0, 0.1) is 5.92 Å². The van der Waals surface area contributed by atoms with Gasteiger partial charge in [-0.25, -0.2) is 4.57 Å². The van der Waals surface area contributed by atoms with E-state index in [2.05, 4.69) is 46.1 Å². The smallest absolute Gasteiger partial charge is 0.285 e. The lowest BCUT2D eigenvalue weighted by Crippen LogP contribution is -2.38. The SMILES string of the molecule is Nc1c(-c2cc(Cc3ccc(C=CC4CCCCC4)cc3)no2)ccc[n+]1COP(=O)([O-])O. The molecular formula is C24H28N3O5P. The number of nitrogen functional groups attached to an aromatic ring is 1. The molecule has 1 aliphatic rings. The van der Waals surface area contributed by atoms with Crippen molar-refractivity contribution in [2.75, 3.05) is 5.73 Å². The van der Waals surface area contributed by atoms with E-state index < -0.39 is 14.6 Å². The van der Waals surface area contributed by atoms with Crippen LogP contribution in [-0.2, 0) is 22.2 Å². The van der Waals surface area contributed by atoms with E-state index in [0.29, 0.717) is 23.7 Å². The normalized spacial score (nSPS) is 16.8. The van der Waals surface area contributed by atoms with Crippen LogP contribution in [0.1, 0.15) is 48.9 Å². The highest BCUT2D eigenvalue weighted by Crippen LogP contribution is 2.31. The van der Waals surface area contributed by atoms with Gasteiger partial charge in [0.2, 0.25) is 0 Å². The van der Waals surface area contributed by atoms with Gasteiger partial charge in [0.15, 0.2) is 12.5 Å². The minimum atomic E-state index is -4.86. The summed E-state index contributed by atoms with van der Waals surface area (Å²) in [6, 6.07) is 13.6. The highest BCUT2D eigenvalue weighted by atomic mass is 31.2. The van der Waals surface area contributed by atoms with Crippen LogP contribution in [0.5, 0.6) is 0 Å². The summed E-state index contributed by atoms with van der Waals surface area (Å²) >= 11 is 0. The van der Waals surface area contributed by atoms with E-state index in [-0.39, 0.29) is 5.82 Å². The molecule has 1 aliphatic carbocycles. The first-order valence-corrected chi connectivity index (χ1v) is 12.6. The summed E-state index contributed by atoms with van der Waals surface area (Å²) in [6.07, 6.45) is 13.3. The first-order chi connectivity index (χ1) is 15.9. The molecule has 0 spiro atoms. The van der Waals surface area contributed by atoms with Gasteiger partial charge in [0, 0.05) is 12.5 Å². The van der Waals surface area contributed by atoms with Gasteiger partial charge < -0.3 is 14.3 Å². The van der Waals surface area contributed by atoms with Crippen molar-refractivity contribution >= 4 is 19.7 Å². The molecule has 8 nitrogen and oxygen atoms in total.